The van der Waals surface area contributed by atoms with Crippen LogP contribution in [0.2, 0.25) is 0 Å². The maximum atomic E-state index is 15.4. The third-order valence-electron chi connectivity index (χ3n) is 6.72. The van der Waals surface area contributed by atoms with Crippen molar-refractivity contribution in [2.24, 2.45) is 0 Å². The Hall–Kier alpha value is -3.59. The van der Waals surface area contributed by atoms with Crippen LogP contribution in [0.4, 0.5) is 9.18 Å². The number of imide groups is 1. The summed E-state index contributed by atoms with van der Waals surface area (Å²) >= 11 is 0. The summed E-state index contributed by atoms with van der Waals surface area (Å²) in [6.07, 6.45) is 0.155. The van der Waals surface area contributed by atoms with Crippen molar-refractivity contribution in [1.82, 2.24) is 20.1 Å². The van der Waals surface area contributed by atoms with Gasteiger partial charge in [-0.05, 0) is 49.4 Å². The number of likely N-dealkylation sites (N-methyl/N-ethyl adjacent to an activating group) is 1. The van der Waals surface area contributed by atoms with Crippen molar-refractivity contribution in [2.45, 2.75) is 24.9 Å². The fourth-order valence-electron chi connectivity index (χ4n) is 5.17. The van der Waals surface area contributed by atoms with Crippen molar-refractivity contribution >= 4 is 22.8 Å². The van der Waals surface area contributed by atoms with Gasteiger partial charge in [-0.3, -0.25) is 14.6 Å². The second-order valence-electron chi connectivity index (χ2n) is 8.68. The number of halogens is 1. The van der Waals surface area contributed by atoms with E-state index in [4.69, 9.17) is 4.74 Å². The van der Waals surface area contributed by atoms with E-state index in [1.807, 2.05) is 0 Å². The van der Waals surface area contributed by atoms with Gasteiger partial charge in [0.05, 0.1) is 7.11 Å². The average molecular weight is 452 g/mol. The van der Waals surface area contributed by atoms with Crippen LogP contribution in [0.1, 0.15) is 29.8 Å². The van der Waals surface area contributed by atoms with Gasteiger partial charge in [-0.1, -0.05) is 12.1 Å². The average Bonchev–Trinajstić information content (AvgIpc) is 3.24. The van der Waals surface area contributed by atoms with Gasteiger partial charge in [-0.25, -0.2) is 9.18 Å². The number of aromatic amines is 1. The molecule has 2 aliphatic rings. The fourth-order valence-corrected chi connectivity index (χ4v) is 5.17. The number of amides is 3. The van der Waals surface area contributed by atoms with Gasteiger partial charge in [0.2, 0.25) is 0 Å². The van der Waals surface area contributed by atoms with E-state index in [1.165, 1.54) is 12.0 Å². The van der Waals surface area contributed by atoms with Gasteiger partial charge < -0.3 is 20.1 Å². The van der Waals surface area contributed by atoms with Gasteiger partial charge in [-0.2, -0.15) is 0 Å². The highest BCUT2D eigenvalue weighted by Gasteiger charge is 2.60. The summed E-state index contributed by atoms with van der Waals surface area (Å²) in [6, 6.07) is 8.73. The van der Waals surface area contributed by atoms with E-state index in [0.29, 0.717) is 34.3 Å². The molecule has 2 aromatic carbocycles. The summed E-state index contributed by atoms with van der Waals surface area (Å²) in [7, 11) is 3.16. The molecule has 1 saturated heterocycles. The lowest BCUT2D eigenvalue weighted by Gasteiger charge is -2.42. The number of urea groups is 1. The number of benzene rings is 2. The number of ether oxygens (including phenoxy) is 1. The van der Waals surface area contributed by atoms with E-state index >= 15 is 4.39 Å². The molecule has 2 atom stereocenters. The molecule has 3 heterocycles. The number of carbonyl (C=O) groups excluding carboxylic acids is 2. The number of hydrogen-bond donors (Lipinski definition) is 3. The molecule has 33 heavy (non-hydrogen) atoms. The van der Waals surface area contributed by atoms with Gasteiger partial charge in [-0.15, -0.1) is 0 Å². The lowest BCUT2D eigenvalue weighted by Crippen LogP contribution is -2.53. The molecule has 0 spiro atoms. The number of aromatic nitrogens is 1. The van der Waals surface area contributed by atoms with E-state index in [0.717, 1.165) is 0 Å². The highest BCUT2D eigenvalue weighted by molar-refractivity contribution is 6.08. The summed E-state index contributed by atoms with van der Waals surface area (Å²) in [4.78, 5) is 33.2. The van der Waals surface area contributed by atoms with Crippen molar-refractivity contribution in [2.75, 3.05) is 27.2 Å². The molecule has 0 radical (unpaired) electrons. The zero-order chi connectivity index (χ0) is 23.5. The van der Waals surface area contributed by atoms with E-state index in [2.05, 4.69) is 10.3 Å². The molecule has 1 aromatic heterocycles. The van der Waals surface area contributed by atoms with Gasteiger partial charge in [0, 0.05) is 36.1 Å². The van der Waals surface area contributed by atoms with Gasteiger partial charge in [0.15, 0.2) is 11.6 Å². The lowest BCUT2D eigenvalue weighted by molar-refractivity contribution is -0.133. The van der Waals surface area contributed by atoms with Crippen molar-refractivity contribution in [1.29, 1.82) is 0 Å². The van der Waals surface area contributed by atoms with Crippen LogP contribution in [0.15, 0.2) is 36.4 Å². The Morgan fingerprint density at radius 1 is 1.30 bits per heavy atom. The van der Waals surface area contributed by atoms with Crippen LogP contribution < -0.4 is 10.1 Å². The first-order valence-corrected chi connectivity index (χ1v) is 10.8. The van der Waals surface area contributed by atoms with Gasteiger partial charge >= 0.3 is 6.03 Å². The Morgan fingerprint density at radius 3 is 2.79 bits per heavy atom. The highest BCUT2D eigenvalue weighted by atomic mass is 19.1. The molecule has 0 unspecified atom stereocenters. The molecule has 5 rings (SSSR count). The minimum absolute atomic E-state index is 0.0373. The number of phenols is 1. The molecule has 172 valence electrons. The molecule has 3 aromatic rings. The van der Waals surface area contributed by atoms with E-state index < -0.39 is 23.4 Å². The Kier molecular flexibility index (Phi) is 4.82. The summed E-state index contributed by atoms with van der Waals surface area (Å²) in [5.74, 6) is -0.690. The molecule has 8 nitrogen and oxygen atoms in total. The second-order valence-corrected chi connectivity index (χ2v) is 8.68. The molecule has 3 N–H and O–H groups in total. The van der Waals surface area contributed by atoms with Crippen LogP contribution >= 0.6 is 0 Å². The molecular weight excluding hydrogens is 427 g/mol. The van der Waals surface area contributed by atoms with Crippen LogP contribution in [-0.4, -0.2) is 64.6 Å². The molecule has 3 amide bonds. The maximum absolute atomic E-state index is 15.4. The largest absolute Gasteiger partial charge is 0.508 e. The minimum Gasteiger partial charge on any atom is -0.508 e. The molecule has 2 aliphatic heterocycles. The standard InChI is InChI=1S/C24H25FN4O4/c1-24-12-15-18-16(7-8-17(33-3)19(18)25)27-20(15)21(13-5-4-6-14(30)11-13)29(24)23(32)28(22(24)31)10-9-26-2/h4-8,11,21,26-27,30H,9-10,12H2,1-3H3/t21-,24+/m1/s1. The molecule has 1 fully saturated rings. The number of rotatable bonds is 5. The van der Waals surface area contributed by atoms with E-state index in [9.17, 15) is 14.7 Å². The number of aromatic hydroxyl groups is 1. The zero-order valence-corrected chi connectivity index (χ0v) is 18.6. The monoisotopic (exact) mass is 452 g/mol. The maximum Gasteiger partial charge on any atom is 0.328 e. The zero-order valence-electron chi connectivity index (χ0n) is 18.6. The predicted molar refractivity (Wildman–Crippen MR) is 120 cm³/mol. The quantitative estimate of drug-likeness (QED) is 0.517. The van der Waals surface area contributed by atoms with Crippen LogP contribution in [0.3, 0.4) is 0 Å². The number of hydrogen-bond acceptors (Lipinski definition) is 5. The summed E-state index contributed by atoms with van der Waals surface area (Å²) in [5, 5.41) is 13.5. The van der Waals surface area contributed by atoms with Crippen molar-refractivity contribution < 1.29 is 23.8 Å². The Morgan fingerprint density at radius 2 is 2.09 bits per heavy atom. The predicted octanol–water partition coefficient (Wildman–Crippen LogP) is 2.91. The minimum atomic E-state index is -1.21. The third-order valence-corrected chi connectivity index (χ3v) is 6.72. The molecular formula is C24H25FN4O4. The van der Waals surface area contributed by atoms with Crippen molar-refractivity contribution in [3.05, 3.63) is 59.0 Å². The molecule has 9 heteroatoms. The summed E-state index contributed by atoms with van der Waals surface area (Å²) in [5.41, 5.74) is 1.22. The number of H-pyrrole nitrogens is 1. The fraction of sp³-hybridized carbons (Fsp3) is 0.333. The number of nitrogens with one attached hydrogen (secondary N) is 2. The number of nitrogens with zero attached hydrogens (tertiary/aromatic N) is 2. The smallest absolute Gasteiger partial charge is 0.328 e. The van der Waals surface area contributed by atoms with Crippen LogP contribution in [0.5, 0.6) is 11.5 Å². The molecule has 0 bridgehead atoms. The van der Waals surface area contributed by atoms with Crippen LogP contribution in [0.25, 0.3) is 10.9 Å². The first-order valence-electron chi connectivity index (χ1n) is 10.8. The number of fused-ring (bicyclic) bond motifs is 4. The molecule has 0 aliphatic carbocycles. The third kappa shape index (κ3) is 2.92. The first kappa shape index (κ1) is 21.3. The van der Waals surface area contributed by atoms with Gasteiger partial charge in [0.1, 0.15) is 17.3 Å². The SMILES string of the molecule is CNCCN1C(=O)N2[C@H](c3cccc(O)c3)c3[nH]c4ccc(OC)c(F)c4c3C[C@@]2(C)C1=O. The summed E-state index contributed by atoms with van der Waals surface area (Å²) in [6.45, 7) is 2.41. The van der Waals surface area contributed by atoms with Crippen molar-refractivity contribution in [3.8, 4) is 11.5 Å². The second kappa shape index (κ2) is 7.48. The number of carbonyl (C=O) groups is 2. The number of methoxy groups -OCH3 is 1. The summed E-state index contributed by atoms with van der Waals surface area (Å²) < 4.78 is 20.6. The van der Waals surface area contributed by atoms with E-state index in [-0.39, 0.29) is 30.4 Å². The lowest BCUT2D eigenvalue weighted by atomic mass is 9.81. The van der Waals surface area contributed by atoms with Crippen molar-refractivity contribution in [3.63, 3.8) is 0 Å². The first-order chi connectivity index (χ1) is 15.8. The Labute approximate surface area is 189 Å². The normalized spacial score (nSPS) is 22.1. The van der Waals surface area contributed by atoms with Gasteiger partial charge in [0.25, 0.3) is 5.91 Å². The topological polar surface area (TPSA) is 97.9 Å². The highest BCUT2D eigenvalue weighted by Crippen LogP contribution is 2.49. The van der Waals surface area contributed by atoms with E-state index in [1.54, 1.807) is 55.3 Å². The number of phenolic OH excluding ortho intramolecular Hbond substituents is 1. The van der Waals surface area contributed by atoms with Crippen LogP contribution in [-0.2, 0) is 11.2 Å². The van der Waals surface area contributed by atoms with Crippen LogP contribution in [0, 0.1) is 5.82 Å². The Balaban J connectivity index is 1.77. The Bertz CT molecular complexity index is 1290. The molecule has 0 saturated carbocycles.